The number of rotatable bonds is 3. The number of hydrogen-bond donors (Lipinski definition) is 2. The van der Waals surface area contributed by atoms with Gasteiger partial charge in [-0.05, 0) is 42.3 Å². The minimum atomic E-state index is -0.370. The summed E-state index contributed by atoms with van der Waals surface area (Å²) >= 11 is 0. The largest absolute Gasteiger partial charge is 0.395 e. The zero-order valence-corrected chi connectivity index (χ0v) is 13.6. The molecular weight excluding hydrogens is 298 g/mol. The fraction of sp³-hybridized carbons (Fsp3) is 0.300. The quantitative estimate of drug-likeness (QED) is 0.779. The topological polar surface area (TPSA) is 58.0 Å². The molecule has 1 aliphatic rings. The van der Waals surface area contributed by atoms with Crippen LogP contribution in [0.25, 0.3) is 22.0 Å². The fourth-order valence-electron chi connectivity index (χ4n) is 3.49. The van der Waals surface area contributed by atoms with Gasteiger partial charge < -0.3 is 10.4 Å². The highest BCUT2D eigenvalue weighted by molar-refractivity contribution is 5.86. The minimum absolute atomic E-state index is 0.0706. The number of piperidine rings is 1. The van der Waals surface area contributed by atoms with Crippen LogP contribution in [0, 0.1) is 0 Å². The van der Waals surface area contributed by atoms with Crippen molar-refractivity contribution >= 4 is 10.8 Å². The molecule has 1 aromatic heterocycles. The predicted molar refractivity (Wildman–Crippen MR) is 95.8 cm³/mol. The van der Waals surface area contributed by atoms with Gasteiger partial charge in [0.2, 0.25) is 0 Å². The Morgan fingerprint density at radius 1 is 1.08 bits per heavy atom. The lowest BCUT2D eigenvalue weighted by atomic mass is 9.80. The Bertz CT molecular complexity index is 856. The minimum Gasteiger partial charge on any atom is -0.395 e. The molecule has 0 bridgehead atoms. The molecule has 0 spiro atoms. The molecule has 0 radical (unpaired) electrons. The lowest BCUT2D eigenvalue weighted by Gasteiger charge is -2.34. The highest BCUT2D eigenvalue weighted by atomic mass is 16.3. The fourth-order valence-corrected chi connectivity index (χ4v) is 3.49. The van der Waals surface area contributed by atoms with Crippen molar-refractivity contribution in [2.24, 2.45) is 0 Å². The molecule has 122 valence electrons. The van der Waals surface area contributed by atoms with E-state index in [1.54, 1.807) is 6.20 Å². The standard InChI is InChI=1S/C20H21N3O/c24-14-20(9-3-10-21-13-20)19-22-11-8-18(23-19)17-7-6-15-4-1-2-5-16(15)12-17/h1-2,4-8,11-12,21,24H,3,9-10,13-14H2/t20-/m1/s1. The Morgan fingerprint density at radius 3 is 2.75 bits per heavy atom. The smallest absolute Gasteiger partial charge is 0.138 e. The third-order valence-corrected chi connectivity index (χ3v) is 4.95. The van der Waals surface area contributed by atoms with Crippen molar-refractivity contribution in [3.05, 3.63) is 60.6 Å². The van der Waals surface area contributed by atoms with Gasteiger partial charge in [-0.2, -0.15) is 0 Å². The van der Waals surface area contributed by atoms with Gasteiger partial charge in [-0.1, -0.05) is 36.4 Å². The zero-order valence-electron chi connectivity index (χ0n) is 13.6. The summed E-state index contributed by atoms with van der Waals surface area (Å²) < 4.78 is 0. The van der Waals surface area contributed by atoms with Crippen LogP contribution in [0.2, 0.25) is 0 Å². The van der Waals surface area contributed by atoms with Crippen molar-refractivity contribution in [1.29, 1.82) is 0 Å². The summed E-state index contributed by atoms with van der Waals surface area (Å²) in [5, 5.41) is 15.8. The Kier molecular flexibility index (Phi) is 4.00. The molecule has 1 saturated heterocycles. The van der Waals surface area contributed by atoms with E-state index in [1.165, 1.54) is 10.8 Å². The summed E-state index contributed by atoms with van der Waals surface area (Å²) in [6.07, 6.45) is 3.75. The van der Waals surface area contributed by atoms with Gasteiger partial charge in [0.15, 0.2) is 0 Å². The Balaban J connectivity index is 1.76. The van der Waals surface area contributed by atoms with Crippen LogP contribution in [0.5, 0.6) is 0 Å². The van der Waals surface area contributed by atoms with E-state index in [4.69, 9.17) is 4.98 Å². The summed E-state index contributed by atoms with van der Waals surface area (Å²) in [5.74, 6) is 0.739. The van der Waals surface area contributed by atoms with Gasteiger partial charge in [0, 0.05) is 18.3 Å². The van der Waals surface area contributed by atoms with Crippen LogP contribution in [0.3, 0.4) is 0 Å². The summed E-state index contributed by atoms with van der Waals surface area (Å²) in [7, 11) is 0. The third-order valence-electron chi connectivity index (χ3n) is 4.95. The molecule has 1 fully saturated rings. The molecule has 0 saturated carbocycles. The van der Waals surface area contributed by atoms with Crippen LogP contribution < -0.4 is 5.32 Å². The number of fused-ring (bicyclic) bond motifs is 1. The Labute approximate surface area is 141 Å². The van der Waals surface area contributed by atoms with E-state index in [1.807, 2.05) is 18.2 Å². The number of aliphatic hydroxyl groups is 1. The molecule has 24 heavy (non-hydrogen) atoms. The molecule has 3 aromatic rings. The molecule has 4 nitrogen and oxygen atoms in total. The van der Waals surface area contributed by atoms with E-state index < -0.39 is 0 Å². The first-order chi connectivity index (χ1) is 11.8. The second kappa shape index (κ2) is 6.30. The number of nitrogens with one attached hydrogen (secondary N) is 1. The molecule has 2 aromatic carbocycles. The van der Waals surface area contributed by atoms with E-state index in [0.29, 0.717) is 0 Å². The van der Waals surface area contributed by atoms with Crippen LogP contribution >= 0.6 is 0 Å². The van der Waals surface area contributed by atoms with E-state index >= 15 is 0 Å². The van der Waals surface area contributed by atoms with Gasteiger partial charge in [-0.15, -0.1) is 0 Å². The van der Waals surface area contributed by atoms with Crippen LogP contribution in [-0.2, 0) is 5.41 Å². The molecular formula is C20H21N3O. The van der Waals surface area contributed by atoms with Crippen molar-refractivity contribution in [1.82, 2.24) is 15.3 Å². The summed E-state index contributed by atoms with van der Waals surface area (Å²) in [6, 6.07) is 16.6. The number of hydrogen-bond acceptors (Lipinski definition) is 4. The molecule has 0 unspecified atom stereocenters. The van der Waals surface area contributed by atoms with E-state index in [9.17, 15) is 5.11 Å². The van der Waals surface area contributed by atoms with Crippen molar-refractivity contribution in [3.63, 3.8) is 0 Å². The van der Waals surface area contributed by atoms with Crippen molar-refractivity contribution in [3.8, 4) is 11.3 Å². The highest BCUT2D eigenvalue weighted by Gasteiger charge is 2.36. The van der Waals surface area contributed by atoms with Gasteiger partial charge in [0.1, 0.15) is 5.82 Å². The molecule has 4 heteroatoms. The van der Waals surface area contributed by atoms with Crippen molar-refractivity contribution < 1.29 is 5.11 Å². The Morgan fingerprint density at radius 2 is 1.96 bits per heavy atom. The molecule has 0 amide bonds. The zero-order chi connectivity index (χ0) is 16.4. The van der Waals surface area contributed by atoms with Crippen molar-refractivity contribution in [2.45, 2.75) is 18.3 Å². The average Bonchev–Trinajstić information content (AvgIpc) is 2.68. The van der Waals surface area contributed by atoms with Gasteiger partial charge >= 0.3 is 0 Å². The monoisotopic (exact) mass is 319 g/mol. The highest BCUT2D eigenvalue weighted by Crippen LogP contribution is 2.30. The van der Waals surface area contributed by atoms with E-state index in [2.05, 4.69) is 40.6 Å². The second-order valence-corrected chi connectivity index (χ2v) is 6.55. The molecule has 2 N–H and O–H groups in total. The normalized spacial score (nSPS) is 21.0. The number of aromatic nitrogens is 2. The van der Waals surface area contributed by atoms with Gasteiger partial charge in [0.25, 0.3) is 0 Å². The SMILES string of the molecule is OC[C@@]1(c2nccc(-c3ccc4ccccc4c3)n2)CCCNC1. The summed E-state index contributed by atoms with van der Waals surface area (Å²) in [4.78, 5) is 9.29. The maximum atomic E-state index is 9.98. The number of benzene rings is 2. The number of nitrogens with zero attached hydrogens (tertiary/aromatic N) is 2. The van der Waals surface area contributed by atoms with Gasteiger partial charge in [-0.25, -0.2) is 9.97 Å². The number of aliphatic hydroxyl groups excluding tert-OH is 1. The second-order valence-electron chi connectivity index (χ2n) is 6.55. The van der Waals surface area contributed by atoms with Gasteiger partial charge in [-0.3, -0.25) is 0 Å². The summed E-state index contributed by atoms with van der Waals surface area (Å²) in [6.45, 7) is 1.79. The Hall–Kier alpha value is -2.30. The van der Waals surface area contributed by atoms with E-state index in [-0.39, 0.29) is 12.0 Å². The molecule has 1 atom stereocenters. The first kappa shape index (κ1) is 15.2. The maximum absolute atomic E-state index is 9.98. The average molecular weight is 319 g/mol. The summed E-state index contributed by atoms with van der Waals surface area (Å²) in [5.41, 5.74) is 1.61. The van der Waals surface area contributed by atoms with Gasteiger partial charge in [0.05, 0.1) is 17.7 Å². The molecule has 4 rings (SSSR count). The first-order valence-electron chi connectivity index (χ1n) is 8.45. The molecule has 1 aliphatic heterocycles. The maximum Gasteiger partial charge on any atom is 0.138 e. The van der Waals surface area contributed by atoms with Crippen molar-refractivity contribution in [2.75, 3.05) is 19.7 Å². The van der Waals surface area contributed by atoms with E-state index in [0.717, 1.165) is 43.0 Å². The molecule has 2 heterocycles. The van der Waals surface area contributed by atoms with Crippen LogP contribution in [0.4, 0.5) is 0 Å². The lowest BCUT2D eigenvalue weighted by molar-refractivity contribution is 0.155. The lowest BCUT2D eigenvalue weighted by Crippen LogP contribution is -2.47. The van der Waals surface area contributed by atoms with Crippen LogP contribution in [-0.4, -0.2) is 34.8 Å². The van der Waals surface area contributed by atoms with Crippen LogP contribution in [0.15, 0.2) is 54.7 Å². The third kappa shape index (κ3) is 2.68. The van der Waals surface area contributed by atoms with Crippen LogP contribution in [0.1, 0.15) is 18.7 Å². The molecule has 0 aliphatic carbocycles. The first-order valence-corrected chi connectivity index (χ1v) is 8.45. The predicted octanol–water partition coefficient (Wildman–Crippen LogP) is 2.91.